The number of carbonyl (C=O) groups is 1. The predicted molar refractivity (Wildman–Crippen MR) is 66.8 cm³/mol. The van der Waals surface area contributed by atoms with Crippen LogP contribution in [0.2, 0.25) is 0 Å². The van der Waals surface area contributed by atoms with Crippen LogP contribution in [0.3, 0.4) is 0 Å². The van der Waals surface area contributed by atoms with Gasteiger partial charge in [0, 0.05) is 19.3 Å². The second kappa shape index (κ2) is 5.25. The molecule has 0 amide bonds. The largest absolute Gasteiger partial charge is 0.476 e. The van der Waals surface area contributed by atoms with Crippen molar-refractivity contribution in [2.75, 3.05) is 31.6 Å². The molecule has 0 radical (unpaired) electrons. The van der Waals surface area contributed by atoms with Crippen LogP contribution in [0, 0.1) is 0 Å². The van der Waals surface area contributed by atoms with Crippen LogP contribution in [0.1, 0.15) is 23.0 Å². The first-order valence-electron chi connectivity index (χ1n) is 5.90. The van der Waals surface area contributed by atoms with Gasteiger partial charge in [-0.3, -0.25) is 4.90 Å². The molecular weight excluding hydrogens is 272 g/mol. The molecule has 1 fully saturated rings. The maximum absolute atomic E-state index is 11.0. The van der Waals surface area contributed by atoms with E-state index < -0.39 is 15.8 Å². The molecule has 1 aliphatic heterocycles. The minimum absolute atomic E-state index is 0.0597. The monoisotopic (exact) mass is 288 g/mol. The van der Waals surface area contributed by atoms with Crippen LogP contribution in [0.4, 0.5) is 0 Å². The summed E-state index contributed by atoms with van der Waals surface area (Å²) in [4.78, 5) is 12.8. The van der Waals surface area contributed by atoms with Crippen molar-refractivity contribution in [1.29, 1.82) is 0 Å². The molecule has 19 heavy (non-hydrogen) atoms. The molecule has 1 N–H and O–H groups in total. The van der Waals surface area contributed by atoms with Gasteiger partial charge in [0.1, 0.15) is 9.84 Å². The molecular formula is C10H16N4O4S. The summed E-state index contributed by atoms with van der Waals surface area (Å²) >= 11 is 0. The zero-order valence-electron chi connectivity index (χ0n) is 10.6. The molecule has 0 atom stereocenters. The van der Waals surface area contributed by atoms with Gasteiger partial charge in [-0.1, -0.05) is 5.21 Å². The number of hydrogen-bond donors (Lipinski definition) is 1. The van der Waals surface area contributed by atoms with Crippen LogP contribution in [0.15, 0.2) is 6.20 Å². The molecule has 1 aromatic rings. The number of sulfone groups is 1. The van der Waals surface area contributed by atoms with E-state index in [1.807, 2.05) is 0 Å². The summed E-state index contributed by atoms with van der Waals surface area (Å²) in [6.45, 7) is 2.21. The standard InChI is InChI=1S/C10H16N4O4S/c1-19(17,18)4-2-3-13-5-8(6-13)14-7-9(10(15)16)11-12-14/h7-8H,2-6H2,1H3,(H,15,16). The number of rotatable bonds is 6. The van der Waals surface area contributed by atoms with Gasteiger partial charge in [0.05, 0.1) is 18.0 Å². The number of nitrogens with zero attached hydrogens (tertiary/aromatic N) is 4. The second-order valence-corrected chi connectivity index (χ2v) is 7.05. The van der Waals surface area contributed by atoms with E-state index in [1.54, 1.807) is 4.68 Å². The Kier molecular flexibility index (Phi) is 3.85. The lowest BCUT2D eigenvalue weighted by atomic mass is 10.1. The molecule has 2 rings (SSSR count). The summed E-state index contributed by atoms with van der Waals surface area (Å²) in [5.41, 5.74) is -0.0597. The SMILES string of the molecule is CS(=O)(=O)CCCN1CC(n2cc(C(=O)O)nn2)C1. The van der Waals surface area contributed by atoms with Crippen LogP contribution in [-0.4, -0.2) is 71.0 Å². The third-order valence-electron chi connectivity index (χ3n) is 3.03. The van der Waals surface area contributed by atoms with Crippen molar-refractivity contribution >= 4 is 15.8 Å². The van der Waals surface area contributed by atoms with Crippen LogP contribution in [0.25, 0.3) is 0 Å². The van der Waals surface area contributed by atoms with Crippen LogP contribution >= 0.6 is 0 Å². The molecule has 0 saturated carbocycles. The van der Waals surface area contributed by atoms with Crippen molar-refractivity contribution in [1.82, 2.24) is 19.9 Å². The van der Waals surface area contributed by atoms with E-state index in [4.69, 9.17) is 5.11 Å². The van der Waals surface area contributed by atoms with E-state index in [9.17, 15) is 13.2 Å². The topological polar surface area (TPSA) is 105 Å². The average molecular weight is 288 g/mol. The van der Waals surface area contributed by atoms with Crippen molar-refractivity contribution in [3.05, 3.63) is 11.9 Å². The molecule has 0 unspecified atom stereocenters. The third kappa shape index (κ3) is 3.74. The van der Waals surface area contributed by atoms with Crippen LogP contribution in [-0.2, 0) is 9.84 Å². The molecule has 1 saturated heterocycles. The molecule has 0 bridgehead atoms. The Morgan fingerprint density at radius 1 is 1.53 bits per heavy atom. The number of aromatic nitrogens is 3. The van der Waals surface area contributed by atoms with Gasteiger partial charge in [0.25, 0.3) is 0 Å². The van der Waals surface area contributed by atoms with E-state index in [2.05, 4.69) is 15.2 Å². The van der Waals surface area contributed by atoms with Gasteiger partial charge in [0.15, 0.2) is 5.69 Å². The van der Waals surface area contributed by atoms with Gasteiger partial charge in [-0.15, -0.1) is 5.10 Å². The Hall–Kier alpha value is -1.48. The summed E-state index contributed by atoms with van der Waals surface area (Å²) in [7, 11) is -2.90. The highest BCUT2D eigenvalue weighted by molar-refractivity contribution is 7.90. The minimum Gasteiger partial charge on any atom is -0.476 e. The first kappa shape index (κ1) is 13.9. The van der Waals surface area contributed by atoms with Gasteiger partial charge in [-0.05, 0) is 13.0 Å². The van der Waals surface area contributed by atoms with E-state index in [0.29, 0.717) is 6.42 Å². The molecule has 0 aromatic carbocycles. The Labute approximate surface area is 110 Å². The number of likely N-dealkylation sites (tertiary alicyclic amines) is 1. The highest BCUT2D eigenvalue weighted by Gasteiger charge is 2.29. The first-order chi connectivity index (χ1) is 8.85. The maximum atomic E-state index is 11.0. The van der Waals surface area contributed by atoms with Gasteiger partial charge in [-0.2, -0.15) is 0 Å². The number of carboxylic acids is 1. The van der Waals surface area contributed by atoms with Gasteiger partial charge >= 0.3 is 5.97 Å². The van der Waals surface area contributed by atoms with Gasteiger partial charge in [-0.25, -0.2) is 17.9 Å². The molecule has 8 nitrogen and oxygen atoms in total. The summed E-state index contributed by atoms with van der Waals surface area (Å²) < 4.78 is 23.5. The predicted octanol–water partition coefficient (Wildman–Crippen LogP) is -0.732. The van der Waals surface area contributed by atoms with E-state index in [0.717, 1.165) is 19.6 Å². The van der Waals surface area contributed by atoms with Gasteiger partial charge in [0.2, 0.25) is 0 Å². The molecule has 1 aromatic heterocycles. The van der Waals surface area contributed by atoms with Crippen molar-refractivity contribution < 1.29 is 18.3 Å². The van der Waals surface area contributed by atoms with E-state index in [-0.39, 0.29) is 17.5 Å². The third-order valence-corrected chi connectivity index (χ3v) is 4.06. The summed E-state index contributed by atoms with van der Waals surface area (Å²) in [6.07, 6.45) is 3.26. The Morgan fingerprint density at radius 2 is 2.21 bits per heavy atom. The number of aromatic carboxylic acids is 1. The lowest BCUT2D eigenvalue weighted by molar-refractivity contribution is 0.0690. The zero-order chi connectivity index (χ0) is 14.0. The molecule has 0 aliphatic carbocycles. The van der Waals surface area contributed by atoms with Crippen molar-refractivity contribution in [2.24, 2.45) is 0 Å². The minimum atomic E-state index is -2.90. The lowest BCUT2D eigenvalue weighted by Gasteiger charge is -2.38. The normalized spacial score (nSPS) is 17.3. The average Bonchev–Trinajstić information content (AvgIpc) is 2.68. The molecule has 2 heterocycles. The Balaban J connectivity index is 1.75. The summed E-state index contributed by atoms with van der Waals surface area (Å²) in [5, 5.41) is 16.1. The Bertz CT molecular complexity index is 562. The van der Waals surface area contributed by atoms with Gasteiger partial charge < -0.3 is 5.11 Å². The quantitative estimate of drug-likeness (QED) is 0.735. The molecule has 9 heteroatoms. The first-order valence-corrected chi connectivity index (χ1v) is 7.96. The Morgan fingerprint density at radius 3 is 2.74 bits per heavy atom. The molecule has 1 aliphatic rings. The smallest absolute Gasteiger partial charge is 0.358 e. The lowest BCUT2D eigenvalue weighted by Crippen LogP contribution is -2.48. The van der Waals surface area contributed by atoms with E-state index >= 15 is 0 Å². The number of hydrogen-bond acceptors (Lipinski definition) is 6. The zero-order valence-corrected chi connectivity index (χ0v) is 11.4. The second-order valence-electron chi connectivity index (χ2n) is 4.79. The van der Waals surface area contributed by atoms with Crippen LogP contribution < -0.4 is 0 Å². The fourth-order valence-corrected chi connectivity index (χ4v) is 2.65. The molecule has 0 spiro atoms. The fraction of sp³-hybridized carbons (Fsp3) is 0.700. The molecule has 106 valence electrons. The summed E-state index contributed by atoms with van der Waals surface area (Å²) in [6, 6.07) is 0.124. The highest BCUT2D eigenvalue weighted by atomic mass is 32.2. The highest BCUT2D eigenvalue weighted by Crippen LogP contribution is 2.20. The van der Waals surface area contributed by atoms with Crippen LogP contribution in [0.5, 0.6) is 0 Å². The van der Waals surface area contributed by atoms with Crippen molar-refractivity contribution in [3.63, 3.8) is 0 Å². The van der Waals surface area contributed by atoms with E-state index in [1.165, 1.54) is 12.5 Å². The number of carboxylic acid groups (broad SMARTS) is 1. The fourth-order valence-electron chi connectivity index (χ4n) is 2.00. The summed E-state index contributed by atoms with van der Waals surface area (Å²) in [5.74, 6) is -0.892. The van der Waals surface area contributed by atoms with Crippen molar-refractivity contribution in [3.8, 4) is 0 Å². The maximum Gasteiger partial charge on any atom is 0.358 e. The van der Waals surface area contributed by atoms with Crippen molar-refractivity contribution in [2.45, 2.75) is 12.5 Å².